The first-order valence-corrected chi connectivity index (χ1v) is 4.99. The van der Waals surface area contributed by atoms with Gasteiger partial charge in [0.2, 0.25) is 0 Å². The number of hydrogen-bond donors (Lipinski definition) is 1. The maximum atomic E-state index is 11.5. The molecule has 0 atom stereocenters. The van der Waals surface area contributed by atoms with E-state index >= 15 is 0 Å². The minimum atomic E-state index is -0.238. The minimum absolute atomic E-state index is 0.238. The zero-order valence-electron chi connectivity index (χ0n) is 7.26. The summed E-state index contributed by atoms with van der Waals surface area (Å²) >= 11 is 8.92. The summed E-state index contributed by atoms with van der Waals surface area (Å²) in [7, 11) is 0. The predicted octanol–water partition coefficient (Wildman–Crippen LogP) is 2.37. The van der Waals surface area contributed by atoms with Gasteiger partial charge >= 0.3 is 0 Å². The molecule has 0 aliphatic carbocycles. The van der Waals surface area contributed by atoms with Crippen LogP contribution in [0, 0.1) is 0 Å². The second-order valence-electron chi connectivity index (χ2n) is 2.56. The first kappa shape index (κ1) is 11.2. The highest BCUT2D eigenvalue weighted by Gasteiger charge is 2.08. The van der Waals surface area contributed by atoms with Gasteiger partial charge in [-0.25, -0.2) is 0 Å². The number of pyridine rings is 1. The summed E-state index contributed by atoms with van der Waals surface area (Å²) in [6.45, 7) is 3.97. The first-order chi connectivity index (χ1) is 6.61. The molecule has 0 unspecified atom stereocenters. The van der Waals surface area contributed by atoms with E-state index in [1.54, 1.807) is 6.07 Å². The van der Waals surface area contributed by atoms with Crippen molar-refractivity contribution in [1.82, 2.24) is 10.3 Å². The van der Waals surface area contributed by atoms with E-state index in [0.717, 1.165) is 0 Å². The van der Waals surface area contributed by atoms with Crippen LogP contribution < -0.4 is 5.32 Å². The largest absolute Gasteiger partial charge is 0.347 e. The number of rotatable bonds is 3. The summed E-state index contributed by atoms with van der Waals surface area (Å²) in [5, 5.41) is 2.98. The number of nitrogens with zero attached hydrogens (tertiary/aromatic N) is 1. The average molecular weight is 276 g/mol. The molecule has 3 nitrogen and oxygen atoms in total. The van der Waals surface area contributed by atoms with Gasteiger partial charge in [0.1, 0.15) is 0 Å². The molecule has 1 N–H and O–H groups in total. The van der Waals surface area contributed by atoms with E-state index in [-0.39, 0.29) is 5.91 Å². The quantitative estimate of drug-likeness (QED) is 0.920. The summed E-state index contributed by atoms with van der Waals surface area (Å²) in [6, 6.07) is 1.56. The Morgan fingerprint density at radius 2 is 2.43 bits per heavy atom. The SMILES string of the molecule is C=C(Br)CNC(=O)c1ccncc1Cl. The fraction of sp³-hybridized carbons (Fsp3) is 0.111. The van der Waals surface area contributed by atoms with Gasteiger partial charge in [-0.3, -0.25) is 9.78 Å². The number of amides is 1. The average Bonchev–Trinajstić information content (AvgIpc) is 2.15. The zero-order valence-corrected chi connectivity index (χ0v) is 9.60. The molecule has 0 spiro atoms. The number of halogens is 2. The van der Waals surface area contributed by atoms with E-state index in [0.29, 0.717) is 21.6 Å². The normalized spacial score (nSPS) is 9.57. The van der Waals surface area contributed by atoms with E-state index in [1.165, 1.54) is 12.4 Å². The van der Waals surface area contributed by atoms with Crippen LogP contribution in [0.25, 0.3) is 0 Å². The van der Waals surface area contributed by atoms with Crippen LogP contribution in [0.15, 0.2) is 29.5 Å². The fourth-order valence-corrected chi connectivity index (χ4v) is 1.18. The van der Waals surface area contributed by atoms with Crippen molar-refractivity contribution in [2.75, 3.05) is 6.54 Å². The van der Waals surface area contributed by atoms with Crippen molar-refractivity contribution in [1.29, 1.82) is 0 Å². The highest BCUT2D eigenvalue weighted by Crippen LogP contribution is 2.12. The van der Waals surface area contributed by atoms with Crippen molar-refractivity contribution < 1.29 is 4.79 Å². The Morgan fingerprint density at radius 3 is 3.00 bits per heavy atom. The molecule has 5 heteroatoms. The van der Waals surface area contributed by atoms with Crippen LogP contribution in [0.1, 0.15) is 10.4 Å². The van der Waals surface area contributed by atoms with Crippen molar-refractivity contribution in [3.63, 3.8) is 0 Å². The van der Waals surface area contributed by atoms with Gasteiger partial charge in [-0.15, -0.1) is 0 Å². The number of carbonyl (C=O) groups excluding carboxylic acids is 1. The van der Waals surface area contributed by atoms with Crippen LogP contribution in [-0.4, -0.2) is 17.4 Å². The third-order valence-corrected chi connectivity index (χ3v) is 2.04. The maximum Gasteiger partial charge on any atom is 0.253 e. The van der Waals surface area contributed by atoms with Crippen LogP contribution in [-0.2, 0) is 0 Å². The molecule has 1 amide bonds. The molecule has 0 bridgehead atoms. The Balaban J connectivity index is 2.70. The van der Waals surface area contributed by atoms with E-state index in [4.69, 9.17) is 11.6 Å². The molecule has 1 heterocycles. The molecule has 0 aromatic carbocycles. The van der Waals surface area contributed by atoms with Crippen LogP contribution >= 0.6 is 27.5 Å². The lowest BCUT2D eigenvalue weighted by Gasteiger charge is -2.04. The lowest BCUT2D eigenvalue weighted by Crippen LogP contribution is -2.24. The molecule has 0 fully saturated rings. The molecule has 74 valence electrons. The Kier molecular flexibility index (Phi) is 4.10. The summed E-state index contributed by atoms with van der Waals surface area (Å²) in [5.41, 5.74) is 0.412. The molecule has 0 aliphatic rings. The monoisotopic (exact) mass is 274 g/mol. The van der Waals surface area contributed by atoms with Crippen molar-refractivity contribution >= 4 is 33.4 Å². The molecule has 14 heavy (non-hydrogen) atoms. The molecule has 0 saturated carbocycles. The third kappa shape index (κ3) is 3.12. The van der Waals surface area contributed by atoms with Gasteiger partial charge in [0.25, 0.3) is 5.91 Å². The minimum Gasteiger partial charge on any atom is -0.347 e. The molecule has 0 saturated heterocycles. The molecule has 1 aromatic rings. The molecule has 1 aromatic heterocycles. The Labute approximate surface area is 95.3 Å². The Hall–Kier alpha value is -0.870. The van der Waals surface area contributed by atoms with Crippen molar-refractivity contribution in [3.8, 4) is 0 Å². The number of carbonyl (C=O) groups is 1. The number of hydrogen-bond acceptors (Lipinski definition) is 2. The highest BCUT2D eigenvalue weighted by molar-refractivity contribution is 9.11. The van der Waals surface area contributed by atoms with Crippen molar-refractivity contribution in [3.05, 3.63) is 40.1 Å². The summed E-state index contributed by atoms with van der Waals surface area (Å²) in [5.74, 6) is -0.238. The van der Waals surface area contributed by atoms with E-state index in [2.05, 4.69) is 32.8 Å². The Bertz CT molecular complexity index is 368. The summed E-state index contributed by atoms with van der Waals surface area (Å²) in [6.07, 6.45) is 2.95. The first-order valence-electron chi connectivity index (χ1n) is 3.82. The maximum absolute atomic E-state index is 11.5. The number of aromatic nitrogens is 1. The topological polar surface area (TPSA) is 42.0 Å². The van der Waals surface area contributed by atoms with Gasteiger partial charge < -0.3 is 5.32 Å². The van der Waals surface area contributed by atoms with Gasteiger partial charge in [-0.2, -0.15) is 0 Å². The molecule has 0 radical (unpaired) electrons. The van der Waals surface area contributed by atoms with Gasteiger partial charge in [-0.05, 0) is 6.07 Å². The lowest BCUT2D eigenvalue weighted by molar-refractivity contribution is 0.0958. The van der Waals surface area contributed by atoms with Crippen LogP contribution in [0.2, 0.25) is 5.02 Å². The lowest BCUT2D eigenvalue weighted by atomic mass is 10.2. The smallest absolute Gasteiger partial charge is 0.253 e. The second kappa shape index (κ2) is 5.12. The third-order valence-electron chi connectivity index (χ3n) is 1.46. The molecule has 1 rings (SSSR count). The van der Waals surface area contributed by atoms with Crippen LogP contribution in [0.4, 0.5) is 0 Å². The van der Waals surface area contributed by atoms with Crippen LogP contribution in [0.3, 0.4) is 0 Å². The highest BCUT2D eigenvalue weighted by atomic mass is 79.9. The predicted molar refractivity (Wildman–Crippen MR) is 59.6 cm³/mol. The van der Waals surface area contributed by atoms with Gasteiger partial charge in [0.05, 0.1) is 10.6 Å². The Morgan fingerprint density at radius 1 is 1.71 bits per heavy atom. The van der Waals surface area contributed by atoms with Gasteiger partial charge in [0, 0.05) is 23.4 Å². The standard InChI is InChI=1S/C9H8BrClN2O/c1-6(10)4-13-9(14)7-2-3-12-5-8(7)11/h2-3,5H,1,4H2,(H,13,14). The van der Waals surface area contributed by atoms with Crippen molar-refractivity contribution in [2.45, 2.75) is 0 Å². The second-order valence-corrected chi connectivity index (χ2v) is 4.08. The van der Waals surface area contributed by atoms with E-state index in [9.17, 15) is 4.79 Å². The van der Waals surface area contributed by atoms with Gasteiger partial charge in [-0.1, -0.05) is 34.1 Å². The van der Waals surface area contributed by atoms with Gasteiger partial charge in [0.15, 0.2) is 0 Å². The number of nitrogens with one attached hydrogen (secondary N) is 1. The zero-order chi connectivity index (χ0) is 10.6. The summed E-state index contributed by atoms with van der Waals surface area (Å²) in [4.78, 5) is 15.3. The molecular formula is C9H8BrClN2O. The van der Waals surface area contributed by atoms with Crippen molar-refractivity contribution in [2.24, 2.45) is 0 Å². The fourth-order valence-electron chi connectivity index (χ4n) is 0.831. The van der Waals surface area contributed by atoms with E-state index in [1.807, 2.05) is 0 Å². The van der Waals surface area contributed by atoms with E-state index < -0.39 is 0 Å². The summed E-state index contributed by atoms with van der Waals surface area (Å²) < 4.78 is 0.705. The molecular weight excluding hydrogens is 267 g/mol. The molecule has 0 aliphatic heterocycles. The van der Waals surface area contributed by atoms with Crippen LogP contribution in [0.5, 0.6) is 0 Å².